The monoisotopic (exact) mass is 304 g/mol. The van der Waals surface area contributed by atoms with Gasteiger partial charge in [0.15, 0.2) is 0 Å². The second-order valence-corrected chi connectivity index (χ2v) is 5.71. The van der Waals surface area contributed by atoms with Crippen LogP contribution < -0.4 is 0 Å². The number of hydrogen-bond donors (Lipinski definition) is 0. The molecule has 4 heteroatoms. The minimum Gasteiger partial charge on any atom is -0.434 e. The van der Waals surface area contributed by atoms with E-state index < -0.39 is 6.16 Å². The van der Waals surface area contributed by atoms with Crippen LogP contribution in [-0.2, 0) is 9.47 Å². The first-order valence-electron chi connectivity index (χ1n) is 8.47. The fraction of sp³-hybridized carbons (Fsp3) is 0.941. The third-order valence-electron chi connectivity index (χ3n) is 3.96. The van der Waals surface area contributed by atoms with E-state index >= 15 is 0 Å². The van der Waals surface area contributed by atoms with Gasteiger partial charge in [0.25, 0.3) is 0 Å². The Morgan fingerprint density at radius 3 is 1.48 bits per heavy atom. The molecule has 0 aromatic rings. The van der Waals surface area contributed by atoms with Crippen LogP contribution in [0.15, 0.2) is 0 Å². The zero-order valence-electron chi connectivity index (χ0n) is 14.5. The number of carbonyl (C=O) groups is 1. The van der Waals surface area contributed by atoms with Gasteiger partial charge in [-0.25, -0.2) is 4.79 Å². The summed E-state index contributed by atoms with van der Waals surface area (Å²) in [4.78, 5) is 11.6. The number of hydrogen-bond acceptors (Lipinski definition) is 3. The average Bonchev–Trinajstić information content (AvgIpc) is 2.47. The molecule has 0 bridgehead atoms. The zero-order chi connectivity index (χ0) is 15.2. The molecular formula is C17H36O4. The molecule has 0 aromatic carbocycles. The summed E-state index contributed by atoms with van der Waals surface area (Å²) < 4.78 is 10.5. The van der Waals surface area contributed by atoms with Crippen molar-refractivity contribution in [1.82, 2.24) is 0 Å². The van der Waals surface area contributed by atoms with Crippen molar-refractivity contribution >= 4 is 6.16 Å². The Bertz CT molecular complexity index is 209. The topological polar surface area (TPSA) is 67.0 Å². The van der Waals surface area contributed by atoms with E-state index in [1.54, 1.807) is 0 Å². The van der Waals surface area contributed by atoms with Gasteiger partial charge in [0, 0.05) is 0 Å². The Morgan fingerprint density at radius 2 is 1.19 bits per heavy atom. The predicted octanol–water partition coefficient (Wildman–Crippen LogP) is 4.75. The van der Waals surface area contributed by atoms with Crippen molar-refractivity contribution in [3.63, 3.8) is 0 Å². The zero-order valence-corrected chi connectivity index (χ0v) is 14.5. The van der Waals surface area contributed by atoms with E-state index in [1.165, 1.54) is 25.7 Å². The summed E-state index contributed by atoms with van der Waals surface area (Å²) in [5.74, 6) is 0.953. The predicted molar refractivity (Wildman–Crippen MR) is 87.5 cm³/mol. The van der Waals surface area contributed by atoms with Crippen LogP contribution in [0.3, 0.4) is 0 Å². The Hall–Kier alpha value is -0.770. The summed E-state index contributed by atoms with van der Waals surface area (Å²) in [5.41, 5.74) is 0. The normalized spacial score (nSPS) is 13.1. The van der Waals surface area contributed by atoms with E-state index in [0.29, 0.717) is 25.0 Å². The fourth-order valence-electron chi connectivity index (χ4n) is 2.21. The van der Waals surface area contributed by atoms with Crippen LogP contribution in [0, 0.1) is 11.8 Å². The SMILES string of the molecule is CCCCC(CC)COC(=O)OCC(CC)CCCC.O. The van der Waals surface area contributed by atoms with Crippen LogP contribution in [0.2, 0.25) is 0 Å². The van der Waals surface area contributed by atoms with Crippen molar-refractivity contribution < 1.29 is 19.7 Å². The maximum atomic E-state index is 11.6. The Morgan fingerprint density at radius 1 is 0.810 bits per heavy atom. The van der Waals surface area contributed by atoms with Crippen LogP contribution in [0.4, 0.5) is 4.79 Å². The molecule has 0 heterocycles. The van der Waals surface area contributed by atoms with Crippen LogP contribution in [0.5, 0.6) is 0 Å². The van der Waals surface area contributed by atoms with Crippen molar-refractivity contribution in [2.45, 2.75) is 79.1 Å². The first-order valence-corrected chi connectivity index (χ1v) is 8.47. The minimum absolute atomic E-state index is 0. The van der Waals surface area contributed by atoms with E-state index in [1.807, 2.05) is 0 Å². The molecule has 128 valence electrons. The van der Waals surface area contributed by atoms with Gasteiger partial charge in [-0.1, -0.05) is 66.2 Å². The van der Waals surface area contributed by atoms with Gasteiger partial charge >= 0.3 is 6.16 Å². The Kier molecular flexibility index (Phi) is 16.7. The second kappa shape index (κ2) is 15.6. The minimum atomic E-state index is -0.491. The number of carbonyl (C=O) groups excluding carboxylic acids is 1. The summed E-state index contributed by atoms with van der Waals surface area (Å²) in [5, 5.41) is 0. The smallest absolute Gasteiger partial charge is 0.434 e. The summed E-state index contributed by atoms with van der Waals surface area (Å²) in [6, 6.07) is 0. The molecule has 2 unspecified atom stereocenters. The van der Waals surface area contributed by atoms with Gasteiger partial charge in [0.05, 0.1) is 13.2 Å². The third-order valence-corrected chi connectivity index (χ3v) is 3.96. The molecule has 0 saturated carbocycles. The van der Waals surface area contributed by atoms with Crippen LogP contribution in [-0.4, -0.2) is 24.8 Å². The van der Waals surface area contributed by atoms with Gasteiger partial charge in [0.1, 0.15) is 0 Å². The second-order valence-electron chi connectivity index (χ2n) is 5.71. The van der Waals surface area contributed by atoms with E-state index in [-0.39, 0.29) is 5.48 Å². The molecule has 0 aliphatic carbocycles. The summed E-state index contributed by atoms with van der Waals surface area (Å²) in [6.45, 7) is 9.66. The van der Waals surface area contributed by atoms with Gasteiger partial charge in [-0.15, -0.1) is 0 Å². The summed E-state index contributed by atoms with van der Waals surface area (Å²) >= 11 is 0. The maximum absolute atomic E-state index is 11.6. The van der Waals surface area contributed by atoms with E-state index in [9.17, 15) is 4.79 Å². The molecule has 0 aliphatic heterocycles. The molecule has 0 radical (unpaired) electrons. The molecular weight excluding hydrogens is 268 g/mol. The van der Waals surface area contributed by atoms with Crippen molar-refractivity contribution in [1.29, 1.82) is 0 Å². The lowest BCUT2D eigenvalue weighted by Crippen LogP contribution is -2.18. The van der Waals surface area contributed by atoms with Gasteiger partial charge in [-0.2, -0.15) is 0 Å². The number of rotatable bonds is 12. The standard InChI is InChI=1S/C17H34O3.H2O/c1-5-9-11-15(7-3)13-19-17(18)20-14-16(8-4)12-10-6-2;/h15-16H,5-14H2,1-4H3;1H2. The molecule has 4 nitrogen and oxygen atoms in total. The molecule has 0 spiro atoms. The molecule has 0 fully saturated rings. The molecule has 0 saturated heterocycles. The molecule has 0 amide bonds. The quantitative estimate of drug-likeness (QED) is 0.489. The lowest BCUT2D eigenvalue weighted by Gasteiger charge is -2.17. The fourth-order valence-corrected chi connectivity index (χ4v) is 2.21. The van der Waals surface area contributed by atoms with Crippen molar-refractivity contribution in [3.05, 3.63) is 0 Å². The van der Waals surface area contributed by atoms with E-state index in [0.717, 1.165) is 25.7 Å². The Balaban J connectivity index is 0. The first kappa shape index (κ1) is 22.5. The highest BCUT2D eigenvalue weighted by molar-refractivity contribution is 5.59. The maximum Gasteiger partial charge on any atom is 0.508 e. The van der Waals surface area contributed by atoms with E-state index in [2.05, 4.69) is 27.7 Å². The molecule has 0 aromatic heterocycles. The van der Waals surface area contributed by atoms with Gasteiger partial charge < -0.3 is 14.9 Å². The van der Waals surface area contributed by atoms with Crippen molar-refractivity contribution in [3.8, 4) is 0 Å². The lowest BCUT2D eigenvalue weighted by atomic mass is 10.0. The molecule has 2 atom stereocenters. The highest BCUT2D eigenvalue weighted by Gasteiger charge is 2.13. The van der Waals surface area contributed by atoms with Crippen LogP contribution >= 0.6 is 0 Å². The molecule has 0 rings (SSSR count). The Labute approximate surface area is 130 Å². The van der Waals surface area contributed by atoms with Crippen LogP contribution in [0.25, 0.3) is 0 Å². The van der Waals surface area contributed by atoms with Crippen LogP contribution in [0.1, 0.15) is 79.1 Å². The molecule has 0 aliphatic rings. The number of ether oxygens (including phenoxy) is 2. The first-order chi connectivity index (χ1) is 9.67. The summed E-state index contributed by atoms with van der Waals surface area (Å²) in [7, 11) is 0. The average molecular weight is 304 g/mol. The lowest BCUT2D eigenvalue weighted by molar-refractivity contribution is 0.0316. The van der Waals surface area contributed by atoms with Gasteiger partial charge in [0.2, 0.25) is 0 Å². The largest absolute Gasteiger partial charge is 0.508 e. The van der Waals surface area contributed by atoms with Crippen molar-refractivity contribution in [2.75, 3.05) is 13.2 Å². The van der Waals surface area contributed by atoms with Gasteiger partial charge in [-0.3, -0.25) is 0 Å². The number of unbranched alkanes of at least 4 members (excludes halogenated alkanes) is 2. The van der Waals surface area contributed by atoms with Gasteiger partial charge in [-0.05, 0) is 24.7 Å². The highest BCUT2D eigenvalue weighted by atomic mass is 16.7. The highest BCUT2D eigenvalue weighted by Crippen LogP contribution is 2.15. The van der Waals surface area contributed by atoms with Crippen molar-refractivity contribution in [2.24, 2.45) is 11.8 Å². The summed E-state index contributed by atoms with van der Waals surface area (Å²) in [6.07, 6.45) is 8.67. The molecule has 2 N–H and O–H groups in total. The molecule has 21 heavy (non-hydrogen) atoms. The van der Waals surface area contributed by atoms with E-state index in [4.69, 9.17) is 9.47 Å². The third kappa shape index (κ3) is 12.7.